The van der Waals surface area contributed by atoms with E-state index in [1.807, 2.05) is 28.8 Å². The molecule has 5 aromatic rings. The van der Waals surface area contributed by atoms with E-state index in [0.29, 0.717) is 36.0 Å². The third-order valence-electron chi connectivity index (χ3n) is 7.32. The van der Waals surface area contributed by atoms with Crippen molar-refractivity contribution in [1.82, 2.24) is 39.3 Å². The number of aromatic nitrogens is 8. The van der Waals surface area contributed by atoms with E-state index >= 15 is 0 Å². The van der Waals surface area contributed by atoms with Gasteiger partial charge in [-0.25, -0.2) is 9.78 Å². The summed E-state index contributed by atoms with van der Waals surface area (Å²) in [7, 11) is 1.56. The van der Waals surface area contributed by atoms with Gasteiger partial charge in [0.2, 0.25) is 5.82 Å². The number of tetrazole rings is 1. The van der Waals surface area contributed by atoms with Crippen LogP contribution in [-0.4, -0.2) is 39.3 Å². The summed E-state index contributed by atoms with van der Waals surface area (Å²) in [6.07, 6.45) is 4.96. The predicted molar refractivity (Wildman–Crippen MR) is 145 cm³/mol. The summed E-state index contributed by atoms with van der Waals surface area (Å²) in [4.78, 5) is 31.3. The largest absolute Gasteiger partial charge is 0.332 e. The van der Waals surface area contributed by atoms with E-state index in [9.17, 15) is 9.59 Å². The van der Waals surface area contributed by atoms with E-state index in [2.05, 4.69) is 51.8 Å². The maximum absolute atomic E-state index is 13.4. The first kappa shape index (κ1) is 24.0. The van der Waals surface area contributed by atoms with Gasteiger partial charge in [-0.2, -0.15) is 5.21 Å². The van der Waals surface area contributed by atoms with Crippen molar-refractivity contribution in [1.29, 1.82) is 0 Å². The van der Waals surface area contributed by atoms with Crippen LogP contribution in [0, 0.1) is 5.92 Å². The molecule has 3 heterocycles. The Hall–Kier alpha value is -4.34. The Morgan fingerprint density at radius 1 is 1.00 bits per heavy atom. The monoisotopic (exact) mass is 510 g/mol. The van der Waals surface area contributed by atoms with Crippen molar-refractivity contribution in [3.8, 4) is 22.5 Å². The molecule has 0 radical (unpaired) electrons. The Kier molecular flexibility index (Phi) is 6.22. The number of rotatable bonds is 9. The summed E-state index contributed by atoms with van der Waals surface area (Å²) >= 11 is 0. The number of unbranched alkanes of at least 4 members (excludes halogenated alkanes) is 1. The Labute approximate surface area is 219 Å². The number of benzene rings is 2. The molecule has 0 saturated heterocycles. The number of fused-ring (bicyclic) bond motifs is 1. The van der Waals surface area contributed by atoms with Gasteiger partial charge in [0.05, 0.1) is 0 Å². The van der Waals surface area contributed by atoms with Crippen LogP contribution in [0.5, 0.6) is 0 Å². The lowest BCUT2D eigenvalue weighted by Gasteiger charge is -2.12. The second-order valence-electron chi connectivity index (χ2n) is 10.1. The summed E-state index contributed by atoms with van der Waals surface area (Å²) in [6, 6.07) is 16.2. The van der Waals surface area contributed by atoms with E-state index in [1.165, 1.54) is 4.57 Å². The fraction of sp³-hybridized carbons (Fsp3) is 0.357. The fourth-order valence-corrected chi connectivity index (χ4v) is 5.00. The average Bonchev–Trinajstić information content (AvgIpc) is 3.46. The lowest BCUT2D eigenvalue weighted by atomic mass is 9.98. The van der Waals surface area contributed by atoms with E-state index in [-0.39, 0.29) is 11.2 Å². The van der Waals surface area contributed by atoms with Crippen LogP contribution >= 0.6 is 0 Å². The van der Waals surface area contributed by atoms with Crippen molar-refractivity contribution in [3.63, 3.8) is 0 Å². The van der Waals surface area contributed by atoms with Crippen molar-refractivity contribution in [2.45, 2.75) is 52.1 Å². The number of hydrogen-bond donors (Lipinski definition) is 1. The van der Waals surface area contributed by atoms with Gasteiger partial charge in [0.1, 0.15) is 5.82 Å². The molecular formula is C28H30N8O2. The number of nitrogens with one attached hydrogen (secondary N) is 1. The molecule has 0 unspecified atom stereocenters. The topological polar surface area (TPSA) is 116 Å². The van der Waals surface area contributed by atoms with Crippen molar-refractivity contribution in [2.24, 2.45) is 13.0 Å². The molecule has 0 bridgehead atoms. The predicted octanol–water partition coefficient (Wildman–Crippen LogP) is 3.54. The van der Waals surface area contributed by atoms with Gasteiger partial charge in [0, 0.05) is 32.1 Å². The molecule has 0 amide bonds. The molecule has 38 heavy (non-hydrogen) atoms. The summed E-state index contributed by atoms with van der Waals surface area (Å²) in [6.45, 7) is 3.25. The van der Waals surface area contributed by atoms with Crippen LogP contribution in [0.1, 0.15) is 44.0 Å². The smallest absolute Gasteiger partial charge is 0.318 e. The zero-order valence-electron chi connectivity index (χ0n) is 21.6. The summed E-state index contributed by atoms with van der Waals surface area (Å²) in [5.41, 5.74) is 4.43. The molecular weight excluding hydrogens is 480 g/mol. The molecule has 1 aliphatic rings. The highest BCUT2D eigenvalue weighted by Crippen LogP contribution is 2.32. The lowest BCUT2D eigenvalue weighted by molar-refractivity contribution is 0.576. The summed E-state index contributed by atoms with van der Waals surface area (Å²) in [5, 5.41) is 14.5. The van der Waals surface area contributed by atoms with Crippen LogP contribution < -0.4 is 11.2 Å². The van der Waals surface area contributed by atoms with Gasteiger partial charge >= 0.3 is 5.69 Å². The number of H-pyrrole nitrogens is 1. The Balaban J connectivity index is 1.40. The normalized spacial score (nSPS) is 13.4. The van der Waals surface area contributed by atoms with Crippen LogP contribution in [0.2, 0.25) is 0 Å². The molecule has 194 valence electrons. The molecule has 2 aromatic carbocycles. The molecule has 1 fully saturated rings. The van der Waals surface area contributed by atoms with Gasteiger partial charge < -0.3 is 4.57 Å². The van der Waals surface area contributed by atoms with Gasteiger partial charge in [0.15, 0.2) is 11.2 Å². The molecule has 0 spiro atoms. The Morgan fingerprint density at radius 3 is 2.45 bits per heavy atom. The van der Waals surface area contributed by atoms with E-state index < -0.39 is 0 Å². The molecule has 1 N–H and O–H groups in total. The van der Waals surface area contributed by atoms with Crippen LogP contribution in [-0.2, 0) is 26.6 Å². The second kappa shape index (κ2) is 9.85. The maximum Gasteiger partial charge on any atom is 0.332 e. The minimum absolute atomic E-state index is 0.286. The first-order valence-corrected chi connectivity index (χ1v) is 13.2. The lowest BCUT2D eigenvalue weighted by Crippen LogP contribution is -2.39. The van der Waals surface area contributed by atoms with E-state index in [4.69, 9.17) is 4.98 Å². The first-order chi connectivity index (χ1) is 18.5. The second-order valence-corrected chi connectivity index (χ2v) is 10.1. The minimum Gasteiger partial charge on any atom is -0.318 e. The van der Waals surface area contributed by atoms with Crippen LogP contribution in [0.25, 0.3) is 33.7 Å². The van der Waals surface area contributed by atoms with Crippen LogP contribution in [0.15, 0.2) is 58.1 Å². The number of nitrogens with zero attached hydrogens (tertiary/aromatic N) is 7. The summed E-state index contributed by atoms with van der Waals surface area (Å²) in [5.74, 6) is 1.88. The standard InChI is InChI=1S/C28H30N8O2/c1-3-4-9-23-29-26-24(27(37)34(2)28(38)36(26)17-18-10-11-18)35(23)16-19-12-14-20(15-13-19)21-7-5-6-8-22(21)25-30-32-33-31-25/h5-8,12-15,18H,3-4,9-11,16-17H2,1-2H3,(H,30,31,32,33). The molecule has 0 aliphatic heterocycles. The number of aryl methyl sites for hydroxylation is 1. The average molecular weight is 511 g/mol. The highest BCUT2D eigenvalue weighted by atomic mass is 16.2. The maximum atomic E-state index is 13.4. The summed E-state index contributed by atoms with van der Waals surface area (Å²) < 4.78 is 4.95. The fourth-order valence-electron chi connectivity index (χ4n) is 5.00. The van der Waals surface area contributed by atoms with Crippen molar-refractivity contribution >= 4 is 11.2 Å². The SMILES string of the molecule is CCCCc1nc2c(c(=O)n(C)c(=O)n2CC2CC2)n1Cc1ccc(-c2ccccc2-c2nn[nH]n2)cc1. The third kappa shape index (κ3) is 4.36. The van der Waals surface area contributed by atoms with Gasteiger partial charge in [-0.3, -0.25) is 13.9 Å². The zero-order chi connectivity index (χ0) is 26.2. The van der Waals surface area contributed by atoms with Crippen molar-refractivity contribution in [2.75, 3.05) is 0 Å². The minimum atomic E-state index is -0.294. The molecule has 6 rings (SSSR count). The first-order valence-electron chi connectivity index (χ1n) is 13.2. The van der Waals surface area contributed by atoms with E-state index in [1.54, 1.807) is 11.6 Å². The number of aromatic amines is 1. The van der Waals surface area contributed by atoms with Crippen LogP contribution in [0.3, 0.4) is 0 Å². The zero-order valence-corrected chi connectivity index (χ0v) is 21.6. The Bertz CT molecular complexity index is 1710. The number of hydrogen-bond acceptors (Lipinski definition) is 6. The van der Waals surface area contributed by atoms with Crippen molar-refractivity contribution < 1.29 is 0 Å². The third-order valence-corrected chi connectivity index (χ3v) is 7.32. The number of imidazole rings is 1. The van der Waals surface area contributed by atoms with Gasteiger partial charge in [-0.1, -0.05) is 61.9 Å². The van der Waals surface area contributed by atoms with Gasteiger partial charge in [-0.15, -0.1) is 10.2 Å². The van der Waals surface area contributed by atoms with Gasteiger partial charge in [0.25, 0.3) is 5.56 Å². The Morgan fingerprint density at radius 2 is 1.76 bits per heavy atom. The van der Waals surface area contributed by atoms with Gasteiger partial charge in [-0.05, 0) is 47.1 Å². The quantitative estimate of drug-likeness (QED) is 0.324. The molecule has 1 saturated carbocycles. The highest BCUT2D eigenvalue weighted by Gasteiger charge is 2.26. The molecule has 10 nitrogen and oxygen atoms in total. The van der Waals surface area contributed by atoms with Crippen molar-refractivity contribution in [3.05, 3.63) is 80.8 Å². The molecule has 0 atom stereocenters. The van der Waals surface area contributed by atoms with E-state index in [0.717, 1.165) is 60.2 Å². The highest BCUT2D eigenvalue weighted by molar-refractivity contribution is 5.80. The van der Waals surface area contributed by atoms with Crippen LogP contribution in [0.4, 0.5) is 0 Å². The molecule has 3 aromatic heterocycles. The molecule has 1 aliphatic carbocycles. The molecule has 10 heteroatoms.